The van der Waals surface area contributed by atoms with Crippen LogP contribution in [0.15, 0.2) is 59.8 Å². The van der Waals surface area contributed by atoms with Gasteiger partial charge < -0.3 is 15.1 Å². The molecule has 0 radical (unpaired) electrons. The van der Waals surface area contributed by atoms with Gasteiger partial charge in [0, 0.05) is 5.56 Å². The summed E-state index contributed by atoms with van der Waals surface area (Å²) in [6.45, 7) is 1.83. The molecule has 0 aliphatic carbocycles. The van der Waals surface area contributed by atoms with Crippen molar-refractivity contribution in [3.8, 4) is 5.75 Å². The molecule has 2 aromatic carbocycles. The van der Waals surface area contributed by atoms with Crippen molar-refractivity contribution in [3.63, 3.8) is 0 Å². The van der Waals surface area contributed by atoms with E-state index in [9.17, 15) is 5.11 Å². The third-order valence-electron chi connectivity index (χ3n) is 3.01. The number of rotatable bonds is 5. The van der Waals surface area contributed by atoms with Crippen LogP contribution < -0.4 is 4.74 Å². The Morgan fingerprint density at radius 3 is 2.45 bits per heavy atom. The van der Waals surface area contributed by atoms with Crippen molar-refractivity contribution in [2.75, 3.05) is 6.61 Å². The Balaban J connectivity index is 2.08. The number of benzene rings is 2. The molecule has 4 heteroatoms. The Labute approximate surface area is 117 Å². The lowest BCUT2D eigenvalue weighted by Gasteiger charge is -2.14. The molecule has 0 saturated carbocycles. The fourth-order valence-corrected chi connectivity index (χ4v) is 1.89. The Morgan fingerprint density at radius 2 is 1.75 bits per heavy atom. The predicted octanol–water partition coefficient (Wildman–Crippen LogP) is 3.00. The molecule has 2 aromatic rings. The molecule has 0 aliphatic heterocycles. The second-order valence-corrected chi connectivity index (χ2v) is 4.42. The summed E-state index contributed by atoms with van der Waals surface area (Å²) in [5.41, 5.74) is 1.97. The highest BCUT2D eigenvalue weighted by atomic mass is 16.5. The zero-order chi connectivity index (χ0) is 14.4. The SMILES string of the molecule is C/C(=N\O)c1ccccc1OCC(O)c1ccccc1. The van der Waals surface area contributed by atoms with E-state index >= 15 is 0 Å². The highest BCUT2D eigenvalue weighted by Crippen LogP contribution is 2.21. The van der Waals surface area contributed by atoms with Gasteiger partial charge in [0.05, 0.1) is 5.71 Å². The van der Waals surface area contributed by atoms with Gasteiger partial charge in [-0.1, -0.05) is 47.6 Å². The minimum Gasteiger partial charge on any atom is -0.490 e. The maximum atomic E-state index is 10.1. The largest absolute Gasteiger partial charge is 0.490 e. The standard InChI is InChI=1S/C16H17NO3/c1-12(17-19)14-9-5-6-10-16(14)20-11-15(18)13-7-3-2-4-8-13/h2-10,15,18-19H,11H2,1H3/b17-12+. The lowest BCUT2D eigenvalue weighted by molar-refractivity contribution is 0.108. The normalized spacial score (nSPS) is 13.0. The van der Waals surface area contributed by atoms with Crippen LogP contribution in [0.25, 0.3) is 0 Å². The molecule has 1 atom stereocenters. The fourth-order valence-electron chi connectivity index (χ4n) is 1.89. The summed E-state index contributed by atoms with van der Waals surface area (Å²) >= 11 is 0. The Hall–Kier alpha value is -2.33. The van der Waals surface area contributed by atoms with Gasteiger partial charge >= 0.3 is 0 Å². The highest BCUT2D eigenvalue weighted by Gasteiger charge is 2.11. The summed E-state index contributed by atoms with van der Waals surface area (Å²) < 4.78 is 5.63. The van der Waals surface area contributed by atoms with Gasteiger partial charge in [0.15, 0.2) is 0 Å². The maximum Gasteiger partial charge on any atom is 0.128 e. The van der Waals surface area contributed by atoms with Crippen LogP contribution in [0.3, 0.4) is 0 Å². The van der Waals surface area contributed by atoms with Gasteiger partial charge in [-0.15, -0.1) is 0 Å². The van der Waals surface area contributed by atoms with E-state index in [-0.39, 0.29) is 6.61 Å². The number of ether oxygens (including phenoxy) is 1. The number of aliphatic hydroxyl groups excluding tert-OH is 1. The smallest absolute Gasteiger partial charge is 0.128 e. The molecule has 0 saturated heterocycles. The Morgan fingerprint density at radius 1 is 1.10 bits per heavy atom. The summed E-state index contributed by atoms with van der Waals surface area (Å²) in [5.74, 6) is 0.581. The molecule has 104 valence electrons. The zero-order valence-electron chi connectivity index (χ0n) is 11.2. The molecule has 1 unspecified atom stereocenters. The number of hydrogen-bond acceptors (Lipinski definition) is 4. The van der Waals surface area contributed by atoms with E-state index in [1.165, 1.54) is 0 Å². The summed E-state index contributed by atoms with van der Waals surface area (Å²) in [7, 11) is 0. The van der Waals surface area contributed by atoms with E-state index < -0.39 is 6.10 Å². The van der Waals surface area contributed by atoms with Crippen LogP contribution in [0.2, 0.25) is 0 Å². The second-order valence-electron chi connectivity index (χ2n) is 4.42. The summed E-state index contributed by atoms with van der Waals surface area (Å²) in [5, 5.41) is 22.1. The number of oxime groups is 1. The van der Waals surface area contributed by atoms with Crippen LogP contribution in [0.4, 0.5) is 0 Å². The van der Waals surface area contributed by atoms with Crippen LogP contribution in [-0.4, -0.2) is 22.6 Å². The van der Waals surface area contributed by atoms with E-state index in [0.717, 1.165) is 5.56 Å². The molecule has 4 nitrogen and oxygen atoms in total. The van der Waals surface area contributed by atoms with E-state index in [1.807, 2.05) is 42.5 Å². The first kappa shape index (κ1) is 14.1. The number of hydrogen-bond donors (Lipinski definition) is 2. The highest BCUT2D eigenvalue weighted by molar-refractivity contribution is 6.00. The topological polar surface area (TPSA) is 62.1 Å². The van der Waals surface area contributed by atoms with Gasteiger partial charge in [-0.3, -0.25) is 0 Å². The van der Waals surface area contributed by atoms with Crippen molar-refractivity contribution in [2.24, 2.45) is 5.16 Å². The quantitative estimate of drug-likeness (QED) is 0.499. The predicted molar refractivity (Wildman–Crippen MR) is 77.3 cm³/mol. The molecule has 0 bridgehead atoms. The third-order valence-corrected chi connectivity index (χ3v) is 3.01. The first-order valence-electron chi connectivity index (χ1n) is 6.36. The summed E-state index contributed by atoms with van der Waals surface area (Å²) in [6, 6.07) is 16.6. The van der Waals surface area contributed by atoms with Crippen molar-refractivity contribution >= 4 is 5.71 Å². The van der Waals surface area contributed by atoms with Crippen molar-refractivity contribution in [3.05, 3.63) is 65.7 Å². The van der Waals surface area contributed by atoms with Gasteiger partial charge in [0.1, 0.15) is 18.5 Å². The summed E-state index contributed by atoms with van der Waals surface area (Å²) in [6.07, 6.45) is -0.698. The minimum atomic E-state index is -0.698. The van der Waals surface area contributed by atoms with Crippen molar-refractivity contribution in [2.45, 2.75) is 13.0 Å². The average Bonchev–Trinajstić information content (AvgIpc) is 2.53. The van der Waals surface area contributed by atoms with E-state index in [0.29, 0.717) is 17.0 Å². The molecule has 2 rings (SSSR count). The van der Waals surface area contributed by atoms with Crippen molar-refractivity contribution < 1.29 is 15.1 Å². The van der Waals surface area contributed by atoms with Crippen LogP contribution in [0.5, 0.6) is 5.75 Å². The van der Waals surface area contributed by atoms with Crippen LogP contribution in [-0.2, 0) is 0 Å². The van der Waals surface area contributed by atoms with E-state index in [2.05, 4.69) is 5.16 Å². The molecule has 0 fully saturated rings. The van der Waals surface area contributed by atoms with Gasteiger partial charge in [0.25, 0.3) is 0 Å². The van der Waals surface area contributed by atoms with Crippen LogP contribution in [0.1, 0.15) is 24.2 Å². The van der Waals surface area contributed by atoms with E-state index in [1.54, 1.807) is 19.1 Å². The molecule has 20 heavy (non-hydrogen) atoms. The lowest BCUT2D eigenvalue weighted by atomic mass is 10.1. The van der Waals surface area contributed by atoms with Gasteiger partial charge in [-0.2, -0.15) is 0 Å². The number of nitrogens with zero attached hydrogens (tertiary/aromatic N) is 1. The van der Waals surface area contributed by atoms with Crippen molar-refractivity contribution in [1.29, 1.82) is 0 Å². The molecular weight excluding hydrogens is 254 g/mol. The monoisotopic (exact) mass is 271 g/mol. The average molecular weight is 271 g/mol. The number of aliphatic hydroxyl groups is 1. The van der Waals surface area contributed by atoms with E-state index in [4.69, 9.17) is 9.94 Å². The first-order valence-corrected chi connectivity index (χ1v) is 6.36. The Kier molecular flexibility index (Phi) is 4.74. The summed E-state index contributed by atoms with van der Waals surface area (Å²) in [4.78, 5) is 0. The zero-order valence-corrected chi connectivity index (χ0v) is 11.2. The minimum absolute atomic E-state index is 0.139. The molecule has 2 N–H and O–H groups in total. The number of para-hydroxylation sites is 1. The van der Waals surface area contributed by atoms with Gasteiger partial charge in [-0.05, 0) is 24.6 Å². The first-order chi connectivity index (χ1) is 9.72. The lowest BCUT2D eigenvalue weighted by Crippen LogP contribution is -2.11. The molecule has 0 aliphatic rings. The second kappa shape index (κ2) is 6.73. The molecule has 0 amide bonds. The molecule has 0 spiro atoms. The third kappa shape index (κ3) is 3.36. The fraction of sp³-hybridized carbons (Fsp3) is 0.188. The maximum absolute atomic E-state index is 10.1. The molecule has 0 heterocycles. The van der Waals surface area contributed by atoms with Crippen LogP contribution in [0, 0.1) is 0 Å². The van der Waals surface area contributed by atoms with Gasteiger partial charge in [0.2, 0.25) is 0 Å². The van der Waals surface area contributed by atoms with Crippen molar-refractivity contribution in [1.82, 2.24) is 0 Å². The Bertz CT molecular complexity index is 581. The van der Waals surface area contributed by atoms with Crippen LogP contribution >= 0.6 is 0 Å². The van der Waals surface area contributed by atoms with Gasteiger partial charge in [-0.25, -0.2) is 0 Å². The molecule has 0 aromatic heterocycles. The molecular formula is C16H17NO3.